The second-order valence-electron chi connectivity index (χ2n) is 10.2. The van der Waals surface area contributed by atoms with Crippen molar-refractivity contribution in [3.8, 4) is 23.0 Å². The number of aliphatic hydroxyl groups is 1. The van der Waals surface area contributed by atoms with Crippen molar-refractivity contribution in [1.82, 2.24) is 19.8 Å². The Bertz CT molecular complexity index is 1540. The third-order valence-corrected chi connectivity index (χ3v) is 7.09. The number of carbonyl (C=O) groups excluding carboxylic acids is 2. The highest BCUT2D eigenvalue weighted by molar-refractivity contribution is 6.03. The second-order valence-corrected chi connectivity index (χ2v) is 10.2. The SMILES string of the molecule is CNC(=O)n1ccc2cc(Oc3ccnc(NC(=O)c4ccc(OC5CCN(C[C@@H](C)O)CC5)cc4)c3)c(OC)cc21. The standard InChI is InChI=1S/C31H35N5O6/c1-20(37)19-35-13-10-24(11-14-35)41-23-6-4-21(5-7-23)30(38)34-29-17-25(8-12-33-29)42-28-16-22-9-15-36(31(39)32-2)26(22)18-27(28)40-3/h4-9,12,15-18,20,24,37H,10-11,13-14,19H2,1-3H3,(H,32,39)(H,33,34,38)/t20-/m1/s1. The van der Waals surface area contributed by atoms with Crippen LogP contribution in [0.2, 0.25) is 0 Å². The second kappa shape index (κ2) is 12.9. The first kappa shape index (κ1) is 28.9. The maximum absolute atomic E-state index is 12.9. The molecule has 3 heterocycles. The number of hydrogen-bond acceptors (Lipinski definition) is 8. The van der Waals surface area contributed by atoms with Gasteiger partial charge in [0, 0.05) is 62.2 Å². The van der Waals surface area contributed by atoms with Crippen LogP contribution < -0.4 is 24.8 Å². The molecule has 5 rings (SSSR count). The number of rotatable bonds is 9. The van der Waals surface area contributed by atoms with Gasteiger partial charge in [0.2, 0.25) is 0 Å². The quantitative estimate of drug-likeness (QED) is 0.267. The van der Waals surface area contributed by atoms with Crippen LogP contribution in [0.4, 0.5) is 10.6 Å². The number of aliphatic hydroxyl groups excluding tert-OH is 1. The number of piperidine rings is 1. The highest BCUT2D eigenvalue weighted by Gasteiger charge is 2.21. The monoisotopic (exact) mass is 573 g/mol. The molecule has 1 atom stereocenters. The first-order valence-corrected chi connectivity index (χ1v) is 13.9. The molecule has 2 amide bonds. The van der Waals surface area contributed by atoms with Crippen LogP contribution in [0.15, 0.2) is 67.0 Å². The number of hydrogen-bond donors (Lipinski definition) is 3. The van der Waals surface area contributed by atoms with E-state index >= 15 is 0 Å². The molecular weight excluding hydrogens is 538 g/mol. The molecule has 0 radical (unpaired) electrons. The van der Waals surface area contributed by atoms with Gasteiger partial charge in [-0.25, -0.2) is 9.78 Å². The topological polar surface area (TPSA) is 127 Å². The Kier molecular flexibility index (Phi) is 8.89. The zero-order valence-corrected chi connectivity index (χ0v) is 23.9. The van der Waals surface area contributed by atoms with Gasteiger partial charge in [-0.1, -0.05) is 0 Å². The summed E-state index contributed by atoms with van der Waals surface area (Å²) in [6, 6.07) is 15.4. The van der Waals surface area contributed by atoms with Crippen molar-refractivity contribution in [3.63, 3.8) is 0 Å². The van der Waals surface area contributed by atoms with Gasteiger partial charge in [0.05, 0.1) is 18.7 Å². The average Bonchev–Trinajstić information content (AvgIpc) is 3.40. The van der Waals surface area contributed by atoms with Gasteiger partial charge in [-0.3, -0.25) is 9.36 Å². The molecule has 1 fully saturated rings. The molecule has 0 spiro atoms. The number of nitrogens with zero attached hydrogens (tertiary/aromatic N) is 3. The van der Waals surface area contributed by atoms with Crippen LogP contribution in [0.3, 0.4) is 0 Å². The number of β-amino-alcohol motifs (C(OH)–C–C–N with tert-alkyl or cyclic N) is 1. The molecule has 4 aromatic rings. The van der Waals surface area contributed by atoms with E-state index < -0.39 is 0 Å². The van der Waals surface area contributed by atoms with Gasteiger partial charge in [-0.2, -0.15) is 0 Å². The largest absolute Gasteiger partial charge is 0.493 e. The van der Waals surface area contributed by atoms with E-state index in [1.165, 1.54) is 11.7 Å². The van der Waals surface area contributed by atoms with Gasteiger partial charge >= 0.3 is 6.03 Å². The van der Waals surface area contributed by atoms with E-state index in [4.69, 9.17) is 14.2 Å². The highest BCUT2D eigenvalue weighted by atomic mass is 16.5. The number of nitrogens with one attached hydrogen (secondary N) is 2. The van der Waals surface area contributed by atoms with Crippen LogP contribution in [-0.4, -0.2) is 77.5 Å². The minimum Gasteiger partial charge on any atom is -0.493 e. The lowest BCUT2D eigenvalue weighted by Gasteiger charge is -2.32. The summed E-state index contributed by atoms with van der Waals surface area (Å²) >= 11 is 0. The fourth-order valence-corrected chi connectivity index (χ4v) is 5.00. The summed E-state index contributed by atoms with van der Waals surface area (Å²) in [5, 5.41) is 15.8. The molecule has 42 heavy (non-hydrogen) atoms. The third kappa shape index (κ3) is 6.81. The fourth-order valence-electron chi connectivity index (χ4n) is 5.00. The molecular formula is C31H35N5O6. The average molecular weight is 574 g/mol. The lowest BCUT2D eigenvalue weighted by molar-refractivity contribution is 0.0673. The van der Waals surface area contributed by atoms with Crippen LogP contribution in [0.25, 0.3) is 10.9 Å². The smallest absolute Gasteiger partial charge is 0.325 e. The Morgan fingerprint density at radius 3 is 2.50 bits per heavy atom. The number of ether oxygens (including phenoxy) is 3. The summed E-state index contributed by atoms with van der Waals surface area (Å²) in [7, 11) is 3.09. The summed E-state index contributed by atoms with van der Waals surface area (Å²) in [5.41, 5.74) is 1.14. The summed E-state index contributed by atoms with van der Waals surface area (Å²) in [6.07, 6.45) is 4.78. The number of methoxy groups -OCH3 is 1. The minimum absolute atomic E-state index is 0.108. The number of pyridine rings is 1. The summed E-state index contributed by atoms with van der Waals surface area (Å²) in [4.78, 5) is 31.6. The van der Waals surface area contributed by atoms with Gasteiger partial charge in [0.1, 0.15) is 23.4 Å². The Morgan fingerprint density at radius 1 is 1.05 bits per heavy atom. The predicted octanol–water partition coefficient (Wildman–Crippen LogP) is 4.50. The minimum atomic E-state index is -0.332. The summed E-state index contributed by atoms with van der Waals surface area (Å²) in [6.45, 7) is 4.26. The Labute approximate surface area is 244 Å². The number of amides is 2. The van der Waals surface area contributed by atoms with Crippen molar-refractivity contribution in [3.05, 3.63) is 72.6 Å². The molecule has 1 aliphatic rings. The van der Waals surface area contributed by atoms with Crippen molar-refractivity contribution >= 4 is 28.7 Å². The Morgan fingerprint density at radius 2 is 1.81 bits per heavy atom. The van der Waals surface area contributed by atoms with Crippen LogP contribution in [0.5, 0.6) is 23.0 Å². The van der Waals surface area contributed by atoms with Crippen molar-refractivity contribution in [2.45, 2.75) is 32.0 Å². The van der Waals surface area contributed by atoms with Crippen molar-refractivity contribution in [1.29, 1.82) is 0 Å². The molecule has 2 aromatic heterocycles. The normalized spacial score (nSPS) is 14.8. The van der Waals surface area contributed by atoms with E-state index in [2.05, 4.69) is 20.5 Å². The number of carbonyl (C=O) groups is 2. The number of aromatic nitrogens is 2. The van der Waals surface area contributed by atoms with Crippen LogP contribution >= 0.6 is 0 Å². The van der Waals surface area contributed by atoms with Gasteiger partial charge in [-0.15, -0.1) is 0 Å². The van der Waals surface area contributed by atoms with E-state index in [0.717, 1.165) is 31.3 Å². The lowest BCUT2D eigenvalue weighted by atomic mass is 10.1. The van der Waals surface area contributed by atoms with E-state index in [1.54, 1.807) is 74.9 Å². The lowest BCUT2D eigenvalue weighted by Crippen LogP contribution is -2.41. The van der Waals surface area contributed by atoms with Gasteiger partial charge < -0.3 is 34.9 Å². The fraction of sp³-hybridized carbons (Fsp3) is 0.323. The Hall–Kier alpha value is -4.61. The molecule has 0 aliphatic carbocycles. The third-order valence-electron chi connectivity index (χ3n) is 7.09. The van der Waals surface area contributed by atoms with E-state index in [0.29, 0.717) is 46.4 Å². The number of fused-ring (bicyclic) bond motifs is 1. The molecule has 0 saturated carbocycles. The Balaban J connectivity index is 1.21. The maximum Gasteiger partial charge on any atom is 0.325 e. The van der Waals surface area contributed by atoms with Crippen molar-refractivity contribution in [2.75, 3.05) is 39.1 Å². The van der Waals surface area contributed by atoms with Crippen LogP contribution in [-0.2, 0) is 0 Å². The molecule has 1 aliphatic heterocycles. The molecule has 0 bridgehead atoms. The van der Waals surface area contributed by atoms with Crippen molar-refractivity contribution < 1.29 is 28.9 Å². The highest BCUT2D eigenvalue weighted by Crippen LogP contribution is 2.36. The van der Waals surface area contributed by atoms with E-state index in [9.17, 15) is 14.7 Å². The first-order chi connectivity index (χ1) is 20.3. The molecule has 11 nitrogen and oxygen atoms in total. The zero-order valence-electron chi connectivity index (χ0n) is 23.9. The number of anilines is 1. The summed E-state index contributed by atoms with van der Waals surface area (Å²) in [5.74, 6) is 2.08. The zero-order chi connectivity index (χ0) is 29.6. The number of likely N-dealkylation sites (tertiary alicyclic amines) is 1. The van der Waals surface area contributed by atoms with Gasteiger partial charge in [0.25, 0.3) is 5.91 Å². The molecule has 3 N–H and O–H groups in total. The van der Waals surface area contributed by atoms with Crippen LogP contribution in [0.1, 0.15) is 30.1 Å². The molecule has 2 aromatic carbocycles. The van der Waals surface area contributed by atoms with Crippen LogP contribution in [0, 0.1) is 0 Å². The number of benzene rings is 2. The molecule has 11 heteroatoms. The van der Waals surface area contributed by atoms with E-state index in [1.807, 2.05) is 6.07 Å². The molecule has 1 saturated heterocycles. The van der Waals surface area contributed by atoms with E-state index in [-0.39, 0.29) is 24.1 Å². The van der Waals surface area contributed by atoms with Crippen molar-refractivity contribution in [2.24, 2.45) is 0 Å². The van der Waals surface area contributed by atoms with Gasteiger partial charge in [0.15, 0.2) is 11.5 Å². The maximum atomic E-state index is 12.9. The molecule has 0 unspecified atom stereocenters. The first-order valence-electron chi connectivity index (χ1n) is 13.9. The summed E-state index contributed by atoms with van der Waals surface area (Å²) < 4.78 is 19.2. The predicted molar refractivity (Wildman–Crippen MR) is 159 cm³/mol. The van der Waals surface area contributed by atoms with Gasteiger partial charge in [-0.05, 0) is 62.2 Å². The molecule has 220 valence electrons.